The van der Waals surface area contributed by atoms with Crippen molar-refractivity contribution in [2.24, 2.45) is 5.11 Å². The van der Waals surface area contributed by atoms with Gasteiger partial charge in [0.05, 0.1) is 16.2 Å². The molecule has 1 heterocycles. The number of hydroxylamine groups is 2. The lowest BCUT2D eigenvalue weighted by Gasteiger charge is -2.17. The molecular formula is C14H10F4N4O7S. The minimum atomic E-state index is -5.24. The molecule has 0 saturated carbocycles. The van der Waals surface area contributed by atoms with E-state index in [1.807, 2.05) is 0 Å². The van der Waals surface area contributed by atoms with Gasteiger partial charge in [0.15, 0.2) is 16.1 Å². The Bertz CT molecular complexity index is 1020. The van der Waals surface area contributed by atoms with E-state index in [0.717, 1.165) is 0 Å². The fourth-order valence-electron chi connectivity index (χ4n) is 2.29. The zero-order valence-electron chi connectivity index (χ0n) is 14.5. The highest BCUT2D eigenvalue weighted by Crippen LogP contribution is 2.35. The van der Waals surface area contributed by atoms with E-state index in [1.165, 1.54) is 0 Å². The van der Waals surface area contributed by atoms with E-state index in [2.05, 4.69) is 19.6 Å². The van der Waals surface area contributed by atoms with Crippen LogP contribution in [0.4, 0.5) is 22.4 Å². The van der Waals surface area contributed by atoms with Gasteiger partial charge in [-0.15, -0.1) is 0 Å². The lowest BCUT2D eigenvalue weighted by molar-refractivity contribution is -0.178. The average Bonchev–Trinajstić information content (AvgIpc) is 2.92. The molecule has 1 atom stereocenters. The van der Waals surface area contributed by atoms with E-state index in [4.69, 9.17) is 5.53 Å². The molecule has 1 aromatic carbocycles. The minimum Gasteiger partial charge on any atom is -0.422 e. The number of carbonyl (C=O) groups is 3. The van der Waals surface area contributed by atoms with Crippen LogP contribution < -0.4 is 0 Å². The van der Waals surface area contributed by atoms with Gasteiger partial charge in [0.2, 0.25) is 0 Å². The summed E-state index contributed by atoms with van der Waals surface area (Å²) in [6.07, 6.45) is -9.81. The van der Waals surface area contributed by atoms with Crippen molar-refractivity contribution in [3.8, 4) is 0 Å². The number of ether oxygens (including phenoxy) is 1. The maximum atomic E-state index is 13.2. The van der Waals surface area contributed by atoms with E-state index >= 15 is 0 Å². The smallest absolute Gasteiger partial charge is 0.422 e. The molecule has 162 valence electrons. The summed E-state index contributed by atoms with van der Waals surface area (Å²) in [5.41, 5.74) is 6.67. The number of benzene rings is 1. The summed E-state index contributed by atoms with van der Waals surface area (Å²) < 4.78 is 81.5. The van der Waals surface area contributed by atoms with Crippen LogP contribution in [0.2, 0.25) is 0 Å². The van der Waals surface area contributed by atoms with Gasteiger partial charge in [-0.2, -0.15) is 13.2 Å². The fourth-order valence-corrected chi connectivity index (χ4v) is 3.76. The number of nitrogens with zero attached hydrogens (tertiary/aromatic N) is 4. The molecule has 1 aliphatic rings. The Kier molecular flexibility index (Phi) is 6.52. The van der Waals surface area contributed by atoms with Crippen molar-refractivity contribution in [1.29, 1.82) is 0 Å². The maximum absolute atomic E-state index is 13.2. The first-order valence-electron chi connectivity index (χ1n) is 7.73. The van der Waals surface area contributed by atoms with Gasteiger partial charge >= 0.3 is 12.3 Å². The lowest BCUT2D eigenvalue weighted by Crippen LogP contribution is -2.34. The van der Waals surface area contributed by atoms with Crippen molar-refractivity contribution >= 4 is 27.8 Å². The third-order valence-electron chi connectivity index (χ3n) is 3.53. The standard InChI is InChI=1S/C14H10F4N4O7S/c15-7-1-2-9(8(5-7)14(16,17)18)30(26,27)6-10(20-21-19)28-13(25)29-22-11(23)3-4-12(22)24/h1-2,5,10H,3-4,6H2. The molecule has 1 saturated heterocycles. The topological polar surface area (TPSA) is 156 Å². The van der Waals surface area contributed by atoms with Gasteiger partial charge in [-0.05, 0) is 28.8 Å². The predicted molar refractivity (Wildman–Crippen MR) is 85.0 cm³/mol. The molecule has 0 aromatic heterocycles. The first kappa shape index (κ1) is 22.9. The van der Waals surface area contributed by atoms with Crippen molar-refractivity contribution in [3.05, 3.63) is 40.0 Å². The molecule has 0 bridgehead atoms. The van der Waals surface area contributed by atoms with Crippen LogP contribution in [0.3, 0.4) is 0 Å². The number of carbonyl (C=O) groups excluding carboxylic acids is 3. The Balaban J connectivity index is 2.24. The van der Waals surface area contributed by atoms with Gasteiger partial charge in [0.25, 0.3) is 11.8 Å². The molecule has 30 heavy (non-hydrogen) atoms. The van der Waals surface area contributed by atoms with Crippen molar-refractivity contribution in [3.63, 3.8) is 0 Å². The van der Waals surface area contributed by atoms with Gasteiger partial charge in [-0.25, -0.2) is 17.6 Å². The van der Waals surface area contributed by atoms with Crippen LogP contribution in [0.15, 0.2) is 28.2 Å². The Labute approximate surface area is 164 Å². The quantitative estimate of drug-likeness (QED) is 0.122. The Hall–Kier alpha value is -3.39. The molecule has 1 aromatic rings. The van der Waals surface area contributed by atoms with E-state index in [9.17, 15) is 40.4 Å². The molecular weight excluding hydrogens is 444 g/mol. The molecule has 0 N–H and O–H groups in total. The molecule has 2 rings (SSSR count). The SMILES string of the molecule is [N-]=[N+]=NC(CS(=O)(=O)c1ccc(F)cc1C(F)(F)F)OC(=O)ON1C(=O)CCC1=O. The summed E-state index contributed by atoms with van der Waals surface area (Å²) in [5.74, 6) is -4.62. The monoisotopic (exact) mass is 454 g/mol. The molecule has 0 spiro atoms. The first-order valence-corrected chi connectivity index (χ1v) is 9.38. The first-order chi connectivity index (χ1) is 13.8. The summed E-state index contributed by atoms with van der Waals surface area (Å²) >= 11 is 0. The van der Waals surface area contributed by atoms with E-state index < -0.39 is 62.2 Å². The molecule has 1 fully saturated rings. The van der Waals surface area contributed by atoms with Crippen LogP contribution >= 0.6 is 0 Å². The average molecular weight is 454 g/mol. The minimum absolute atomic E-state index is 0.0465. The number of alkyl halides is 3. The molecule has 2 amide bonds. The Morgan fingerprint density at radius 1 is 1.27 bits per heavy atom. The third-order valence-corrected chi connectivity index (χ3v) is 5.28. The zero-order valence-corrected chi connectivity index (χ0v) is 15.3. The van der Waals surface area contributed by atoms with Crippen LogP contribution in [0.5, 0.6) is 0 Å². The van der Waals surface area contributed by atoms with Gasteiger partial charge in [0, 0.05) is 17.8 Å². The Morgan fingerprint density at radius 3 is 2.40 bits per heavy atom. The molecule has 1 aliphatic heterocycles. The second-order valence-electron chi connectivity index (χ2n) is 5.62. The number of azide groups is 1. The number of imide groups is 1. The zero-order chi connectivity index (χ0) is 22.7. The molecule has 0 radical (unpaired) electrons. The van der Waals surface area contributed by atoms with Crippen LogP contribution in [-0.4, -0.2) is 43.4 Å². The number of hydrogen-bond acceptors (Lipinski definition) is 8. The highest BCUT2D eigenvalue weighted by molar-refractivity contribution is 7.91. The van der Waals surface area contributed by atoms with E-state index in [-0.39, 0.29) is 24.0 Å². The Morgan fingerprint density at radius 2 is 1.87 bits per heavy atom. The summed E-state index contributed by atoms with van der Waals surface area (Å²) in [6.45, 7) is 0. The molecule has 11 nitrogen and oxygen atoms in total. The summed E-state index contributed by atoms with van der Waals surface area (Å²) in [5, 5.41) is 2.88. The fraction of sp³-hybridized carbons (Fsp3) is 0.357. The molecule has 0 aliphatic carbocycles. The van der Waals surface area contributed by atoms with Gasteiger partial charge in [0.1, 0.15) is 5.82 Å². The predicted octanol–water partition coefficient (Wildman–Crippen LogP) is 2.47. The normalized spacial score (nSPS) is 15.5. The maximum Gasteiger partial charge on any atom is 0.534 e. The van der Waals surface area contributed by atoms with Crippen molar-refractivity contribution in [2.45, 2.75) is 30.1 Å². The number of amides is 2. The number of hydrogen-bond donors (Lipinski definition) is 0. The van der Waals surface area contributed by atoms with Gasteiger partial charge in [-0.3, -0.25) is 14.4 Å². The van der Waals surface area contributed by atoms with E-state index in [0.29, 0.717) is 12.1 Å². The number of rotatable bonds is 6. The second kappa shape index (κ2) is 8.54. The van der Waals surface area contributed by atoms with Crippen molar-refractivity contribution < 1.29 is 49.9 Å². The van der Waals surface area contributed by atoms with Crippen LogP contribution in [0.25, 0.3) is 10.4 Å². The van der Waals surface area contributed by atoms with Gasteiger partial charge in [-0.1, -0.05) is 5.06 Å². The van der Waals surface area contributed by atoms with Crippen molar-refractivity contribution in [2.75, 3.05) is 5.75 Å². The third kappa shape index (κ3) is 5.36. The lowest BCUT2D eigenvalue weighted by atomic mass is 10.2. The highest BCUT2D eigenvalue weighted by Gasteiger charge is 2.39. The highest BCUT2D eigenvalue weighted by atomic mass is 32.2. The largest absolute Gasteiger partial charge is 0.534 e. The van der Waals surface area contributed by atoms with Crippen LogP contribution in [0.1, 0.15) is 18.4 Å². The van der Waals surface area contributed by atoms with E-state index in [1.54, 1.807) is 0 Å². The summed E-state index contributed by atoms with van der Waals surface area (Å²) in [6, 6.07) is 0.764. The second-order valence-corrected chi connectivity index (χ2v) is 7.62. The van der Waals surface area contributed by atoms with Crippen LogP contribution in [0, 0.1) is 5.82 Å². The number of halogens is 4. The summed E-state index contributed by atoms with van der Waals surface area (Å²) in [4.78, 5) is 39.5. The molecule has 16 heteroatoms. The number of sulfone groups is 1. The summed E-state index contributed by atoms with van der Waals surface area (Å²) in [7, 11) is -4.94. The van der Waals surface area contributed by atoms with Crippen LogP contribution in [-0.2, 0) is 35.2 Å². The van der Waals surface area contributed by atoms with Crippen molar-refractivity contribution in [1.82, 2.24) is 5.06 Å². The van der Waals surface area contributed by atoms with Gasteiger partial charge < -0.3 is 4.74 Å². The molecule has 1 unspecified atom stereocenters.